The van der Waals surface area contributed by atoms with Gasteiger partial charge in [0.15, 0.2) is 0 Å². The van der Waals surface area contributed by atoms with Crippen LogP contribution in [0.5, 0.6) is 0 Å². The largest absolute Gasteiger partial charge is 0.337 e. The van der Waals surface area contributed by atoms with E-state index in [0.717, 1.165) is 35.5 Å². The Labute approximate surface area is 126 Å². The zero-order valence-electron chi connectivity index (χ0n) is 12.8. The van der Waals surface area contributed by atoms with E-state index < -0.39 is 0 Å². The van der Waals surface area contributed by atoms with Gasteiger partial charge < -0.3 is 9.80 Å². The Morgan fingerprint density at radius 2 is 2.15 bits per heavy atom. The number of carbonyl (C=O) groups is 1. The Balaban J connectivity index is 2.18. The van der Waals surface area contributed by atoms with Gasteiger partial charge in [0.1, 0.15) is 0 Å². The normalized spacial score (nSPS) is 19.4. The molecule has 1 aromatic rings. The second kappa shape index (κ2) is 6.64. The van der Waals surface area contributed by atoms with Crippen LogP contribution >= 0.6 is 11.8 Å². The highest BCUT2D eigenvalue weighted by Crippen LogP contribution is 2.22. The molecule has 2 rings (SSSR count). The smallest absolute Gasteiger partial charge is 0.254 e. The third-order valence-corrected chi connectivity index (χ3v) is 4.81. The Morgan fingerprint density at radius 1 is 1.40 bits per heavy atom. The molecule has 1 aromatic carbocycles. The van der Waals surface area contributed by atoms with Gasteiger partial charge >= 0.3 is 0 Å². The molecule has 1 aliphatic rings. The van der Waals surface area contributed by atoms with Crippen molar-refractivity contribution in [2.24, 2.45) is 0 Å². The topological polar surface area (TPSA) is 23.6 Å². The van der Waals surface area contributed by atoms with Crippen molar-refractivity contribution in [2.45, 2.75) is 30.7 Å². The summed E-state index contributed by atoms with van der Waals surface area (Å²) in [5.74, 6) is 0.185. The summed E-state index contributed by atoms with van der Waals surface area (Å²) in [4.78, 5) is 18.1. The van der Waals surface area contributed by atoms with Crippen LogP contribution in [0.25, 0.3) is 0 Å². The summed E-state index contributed by atoms with van der Waals surface area (Å²) < 4.78 is 0. The number of likely N-dealkylation sites (N-methyl/N-ethyl adjacent to an activating group) is 1. The summed E-state index contributed by atoms with van der Waals surface area (Å²) in [6.45, 7) is 3.74. The van der Waals surface area contributed by atoms with E-state index in [1.54, 1.807) is 11.8 Å². The average molecular weight is 292 g/mol. The number of aryl methyl sites for hydroxylation is 1. The molecule has 0 aromatic heterocycles. The van der Waals surface area contributed by atoms with Crippen LogP contribution < -0.4 is 0 Å². The van der Waals surface area contributed by atoms with Crippen molar-refractivity contribution in [1.82, 2.24) is 9.80 Å². The molecule has 110 valence electrons. The molecule has 1 fully saturated rings. The fourth-order valence-electron chi connectivity index (χ4n) is 2.69. The molecule has 4 heteroatoms. The standard InChI is InChI=1S/C16H24N2OS/c1-12-7-8-14(20-4)10-15(12)16(19)18-9-5-6-13(11-18)17(2)3/h7-8,10,13H,5-6,9,11H2,1-4H3/t13-/m1/s1. The molecule has 20 heavy (non-hydrogen) atoms. The summed E-state index contributed by atoms with van der Waals surface area (Å²) in [5.41, 5.74) is 1.93. The van der Waals surface area contributed by atoms with Crippen molar-refractivity contribution in [3.63, 3.8) is 0 Å². The van der Waals surface area contributed by atoms with Crippen molar-refractivity contribution in [1.29, 1.82) is 0 Å². The molecule has 0 bridgehead atoms. The highest BCUT2D eigenvalue weighted by Gasteiger charge is 2.26. The Bertz CT molecular complexity index is 487. The molecule has 1 saturated heterocycles. The second-order valence-corrected chi connectivity index (χ2v) is 6.57. The highest BCUT2D eigenvalue weighted by molar-refractivity contribution is 7.98. The SMILES string of the molecule is CSc1ccc(C)c(C(=O)N2CCC[C@@H](N(C)C)C2)c1. The van der Waals surface area contributed by atoms with Crippen molar-refractivity contribution in [2.75, 3.05) is 33.4 Å². The van der Waals surface area contributed by atoms with E-state index in [1.807, 2.05) is 30.2 Å². The van der Waals surface area contributed by atoms with E-state index in [-0.39, 0.29) is 5.91 Å². The quantitative estimate of drug-likeness (QED) is 0.800. The van der Waals surface area contributed by atoms with E-state index >= 15 is 0 Å². The summed E-state index contributed by atoms with van der Waals surface area (Å²) in [6, 6.07) is 6.64. The lowest BCUT2D eigenvalue weighted by Crippen LogP contribution is -2.47. The molecule has 1 atom stereocenters. The molecule has 1 heterocycles. The molecule has 0 aliphatic carbocycles. The third kappa shape index (κ3) is 3.36. The van der Waals surface area contributed by atoms with E-state index in [4.69, 9.17) is 0 Å². The number of benzene rings is 1. The Hall–Kier alpha value is -1.00. The number of rotatable bonds is 3. The van der Waals surface area contributed by atoms with Gasteiger partial charge in [-0.05, 0) is 57.8 Å². The second-order valence-electron chi connectivity index (χ2n) is 5.69. The fourth-order valence-corrected chi connectivity index (χ4v) is 3.13. The average Bonchev–Trinajstić information content (AvgIpc) is 2.47. The molecule has 1 amide bonds. The Morgan fingerprint density at radius 3 is 2.80 bits per heavy atom. The van der Waals surface area contributed by atoms with Gasteiger partial charge in [-0.2, -0.15) is 0 Å². The van der Waals surface area contributed by atoms with Crippen molar-refractivity contribution >= 4 is 17.7 Å². The van der Waals surface area contributed by atoms with E-state index in [0.29, 0.717) is 6.04 Å². The number of hydrogen-bond donors (Lipinski definition) is 0. The molecular weight excluding hydrogens is 268 g/mol. The molecule has 0 spiro atoms. The van der Waals surface area contributed by atoms with E-state index in [9.17, 15) is 4.79 Å². The first kappa shape index (κ1) is 15.4. The van der Waals surface area contributed by atoms with Gasteiger partial charge in [-0.1, -0.05) is 6.07 Å². The van der Waals surface area contributed by atoms with Crippen LogP contribution in [-0.2, 0) is 0 Å². The molecule has 0 N–H and O–H groups in total. The number of likely N-dealkylation sites (tertiary alicyclic amines) is 1. The van der Waals surface area contributed by atoms with Gasteiger partial charge in [-0.3, -0.25) is 4.79 Å². The maximum atomic E-state index is 12.8. The number of carbonyl (C=O) groups excluding carboxylic acids is 1. The first-order chi connectivity index (χ1) is 9.52. The van der Waals surface area contributed by atoms with Crippen LogP contribution in [-0.4, -0.2) is 55.2 Å². The fraction of sp³-hybridized carbons (Fsp3) is 0.562. The zero-order chi connectivity index (χ0) is 14.7. The maximum absolute atomic E-state index is 12.8. The van der Waals surface area contributed by atoms with Crippen LogP contribution in [0.2, 0.25) is 0 Å². The summed E-state index contributed by atoms with van der Waals surface area (Å²) >= 11 is 1.68. The number of thioether (sulfide) groups is 1. The van der Waals surface area contributed by atoms with Crippen LogP contribution in [0, 0.1) is 6.92 Å². The molecule has 0 saturated carbocycles. The lowest BCUT2D eigenvalue weighted by molar-refractivity contribution is 0.0634. The van der Waals surface area contributed by atoms with E-state index in [1.165, 1.54) is 6.42 Å². The van der Waals surface area contributed by atoms with Crippen molar-refractivity contribution in [3.8, 4) is 0 Å². The van der Waals surface area contributed by atoms with Crippen LogP contribution in [0.15, 0.2) is 23.1 Å². The molecule has 3 nitrogen and oxygen atoms in total. The number of hydrogen-bond acceptors (Lipinski definition) is 3. The summed E-state index contributed by atoms with van der Waals surface area (Å²) in [5, 5.41) is 0. The lowest BCUT2D eigenvalue weighted by atomic mass is 10.0. The number of nitrogens with zero attached hydrogens (tertiary/aromatic N) is 2. The predicted octanol–water partition coefficient (Wildman–Crippen LogP) is 2.88. The van der Waals surface area contributed by atoms with Crippen LogP contribution in [0.3, 0.4) is 0 Å². The highest BCUT2D eigenvalue weighted by atomic mass is 32.2. The van der Waals surface area contributed by atoms with Crippen molar-refractivity contribution < 1.29 is 4.79 Å². The maximum Gasteiger partial charge on any atom is 0.254 e. The van der Waals surface area contributed by atoms with Gasteiger partial charge in [0, 0.05) is 29.6 Å². The molecule has 0 unspecified atom stereocenters. The number of piperidine rings is 1. The van der Waals surface area contributed by atoms with E-state index in [2.05, 4.69) is 25.1 Å². The minimum absolute atomic E-state index is 0.185. The first-order valence-electron chi connectivity index (χ1n) is 7.13. The van der Waals surface area contributed by atoms with Gasteiger partial charge in [0.05, 0.1) is 0 Å². The number of amides is 1. The van der Waals surface area contributed by atoms with Crippen LogP contribution in [0.1, 0.15) is 28.8 Å². The lowest BCUT2D eigenvalue weighted by Gasteiger charge is -2.36. The zero-order valence-corrected chi connectivity index (χ0v) is 13.7. The Kier molecular flexibility index (Phi) is 5.11. The summed E-state index contributed by atoms with van der Waals surface area (Å²) in [7, 11) is 4.19. The van der Waals surface area contributed by atoms with Gasteiger partial charge in [-0.25, -0.2) is 0 Å². The monoisotopic (exact) mass is 292 g/mol. The van der Waals surface area contributed by atoms with Gasteiger partial charge in [-0.15, -0.1) is 11.8 Å². The minimum atomic E-state index is 0.185. The summed E-state index contributed by atoms with van der Waals surface area (Å²) in [6.07, 6.45) is 4.32. The van der Waals surface area contributed by atoms with Crippen molar-refractivity contribution in [3.05, 3.63) is 29.3 Å². The molecular formula is C16H24N2OS. The minimum Gasteiger partial charge on any atom is -0.337 e. The first-order valence-corrected chi connectivity index (χ1v) is 8.35. The van der Waals surface area contributed by atoms with Crippen LogP contribution in [0.4, 0.5) is 0 Å². The third-order valence-electron chi connectivity index (χ3n) is 4.09. The van der Waals surface area contributed by atoms with Gasteiger partial charge in [0.2, 0.25) is 0 Å². The predicted molar refractivity (Wildman–Crippen MR) is 85.6 cm³/mol. The molecule has 1 aliphatic heterocycles. The molecule has 0 radical (unpaired) electrons. The van der Waals surface area contributed by atoms with Gasteiger partial charge in [0.25, 0.3) is 5.91 Å².